The van der Waals surface area contributed by atoms with Crippen LogP contribution < -0.4 is 16.4 Å². The summed E-state index contributed by atoms with van der Waals surface area (Å²) in [5.41, 5.74) is 8.00. The number of hydrogen-bond donors (Lipinski definition) is 3. The molecule has 5 heteroatoms. The van der Waals surface area contributed by atoms with Crippen molar-refractivity contribution in [3.8, 4) is 0 Å². The molecule has 0 aliphatic rings. The summed E-state index contributed by atoms with van der Waals surface area (Å²) in [5.74, 6) is 0.0300. The molecule has 0 aromatic heterocycles. The summed E-state index contributed by atoms with van der Waals surface area (Å²) in [4.78, 5) is 23.3. The van der Waals surface area contributed by atoms with E-state index in [1.165, 1.54) is 0 Å². The van der Waals surface area contributed by atoms with Crippen LogP contribution in [0.25, 0.3) is 0 Å². The summed E-state index contributed by atoms with van der Waals surface area (Å²) in [6.07, 6.45) is 0.541. The third-order valence-corrected chi connectivity index (χ3v) is 3.20. The maximum Gasteiger partial charge on any atom is 0.312 e. The molecule has 0 saturated carbocycles. The van der Waals surface area contributed by atoms with Crippen molar-refractivity contribution in [3.63, 3.8) is 0 Å². The van der Waals surface area contributed by atoms with Gasteiger partial charge >= 0.3 is 6.03 Å². The lowest BCUT2D eigenvalue weighted by atomic mass is 10.0. The Bertz CT molecular complexity index is 498. The zero-order valence-electron chi connectivity index (χ0n) is 12.5. The van der Waals surface area contributed by atoms with Gasteiger partial charge in [0.2, 0.25) is 5.91 Å². The van der Waals surface area contributed by atoms with Crippen molar-refractivity contribution in [1.29, 1.82) is 0 Å². The lowest BCUT2D eigenvalue weighted by Crippen LogP contribution is -2.46. The van der Waals surface area contributed by atoms with E-state index in [1.807, 2.05) is 45.9 Å². The number of benzene rings is 1. The quantitative estimate of drug-likeness (QED) is 0.771. The van der Waals surface area contributed by atoms with Crippen molar-refractivity contribution in [2.45, 2.75) is 40.2 Å². The van der Waals surface area contributed by atoms with E-state index < -0.39 is 12.1 Å². The van der Waals surface area contributed by atoms with Gasteiger partial charge in [0.25, 0.3) is 0 Å². The molecule has 0 bridgehead atoms. The molecule has 0 fully saturated rings. The first-order valence-corrected chi connectivity index (χ1v) is 6.74. The summed E-state index contributed by atoms with van der Waals surface area (Å²) in [6, 6.07) is 4.41. The fraction of sp³-hybridized carbons (Fsp3) is 0.467. The number of carbonyl (C=O) groups excluding carboxylic acids is 2. The second kappa shape index (κ2) is 6.93. The van der Waals surface area contributed by atoms with Crippen molar-refractivity contribution >= 4 is 17.6 Å². The minimum Gasteiger partial charge on any atom is -0.352 e. The molecule has 4 N–H and O–H groups in total. The van der Waals surface area contributed by atoms with Gasteiger partial charge in [-0.25, -0.2) is 4.79 Å². The Morgan fingerprint density at radius 2 is 1.90 bits per heavy atom. The third kappa shape index (κ3) is 4.57. The molecule has 110 valence electrons. The summed E-state index contributed by atoms with van der Waals surface area (Å²) in [6.45, 7) is 7.91. The highest BCUT2D eigenvalue weighted by molar-refractivity contribution is 5.97. The fourth-order valence-electron chi connectivity index (χ4n) is 1.98. The van der Waals surface area contributed by atoms with E-state index in [-0.39, 0.29) is 11.8 Å². The highest BCUT2D eigenvalue weighted by atomic mass is 16.2. The zero-order valence-corrected chi connectivity index (χ0v) is 12.5. The minimum absolute atomic E-state index is 0.244. The van der Waals surface area contributed by atoms with E-state index >= 15 is 0 Å². The summed E-state index contributed by atoms with van der Waals surface area (Å²) >= 11 is 0. The van der Waals surface area contributed by atoms with Gasteiger partial charge in [0, 0.05) is 5.69 Å². The summed E-state index contributed by atoms with van der Waals surface area (Å²) < 4.78 is 0. The fourth-order valence-corrected chi connectivity index (χ4v) is 1.98. The van der Waals surface area contributed by atoms with Gasteiger partial charge in [-0.2, -0.15) is 0 Å². The Balaban J connectivity index is 2.84. The molecule has 0 unspecified atom stereocenters. The van der Waals surface area contributed by atoms with E-state index in [0.29, 0.717) is 6.42 Å². The number of primary amides is 1. The number of rotatable bonds is 5. The Hall–Kier alpha value is -2.04. The van der Waals surface area contributed by atoms with E-state index in [4.69, 9.17) is 5.73 Å². The normalized spacial score (nSPS) is 12.1. The van der Waals surface area contributed by atoms with Gasteiger partial charge in [0.1, 0.15) is 6.04 Å². The van der Waals surface area contributed by atoms with Crippen molar-refractivity contribution in [2.75, 3.05) is 5.32 Å². The van der Waals surface area contributed by atoms with E-state index in [9.17, 15) is 9.59 Å². The van der Waals surface area contributed by atoms with Crippen molar-refractivity contribution in [1.82, 2.24) is 5.32 Å². The second-order valence-corrected chi connectivity index (χ2v) is 5.43. The lowest BCUT2D eigenvalue weighted by molar-refractivity contribution is -0.118. The summed E-state index contributed by atoms with van der Waals surface area (Å²) in [5, 5.41) is 5.34. The van der Waals surface area contributed by atoms with Gasteiger partial charge in [-0.3, -0.25) is 4.79 Å². The smallest absolute Gasteiger partial charge is 0.312 e. The van der Waals surface area contributed by atoms with Crippen molar-refractivity contribution in [2.24, 2.45) is 11.7 Å². The van der Waals surface area contributed by atoms with Crippen LogP contribution in [-0.4, -0.2) is 18.0 Å². The van der Waals surface area contributed by atoms with Crippen LogP contribution in [0.3, 0.4) is 0 Å². The van der Waals surface area contributed by atoms with Gasteiger partial charge in [0.05, 0.1) is 0 Å². The van der Waals surface area contributed by atoms with Gasteiger partial charge in [0.15, 0.2) is 0 Å². The first-order valence-electron chi connectivity index (χ1n) is 6.74. The molecule has 0 spiro atoms. The maximum atomic E-state index is 12.3. The molecule has 1 aromatic rings. The first-order chi connectivity index (χ1) is 9.31. The van der Waals surface area contributed by atoms with Gasteiger partial charge in [-0.05, 0) is 43.4 Å². The molecule has 0 heterocycles. The summed E-state index contributed by atoms with van der Waals surface area (Å²) in [7, 11) is 0. The Kier molecular flexibility index (Phi) is 5.55. The van der Waals surface area contributed by atoms with Crippen molar-refractivity contribution < 1.29 is 9.59 Å². The number of hydrogen-bond acceptors (Lipinski definition) is 2. The number of anilines is 1. The number of nitrogens with two attached hydrogens (primary N) is 1. The van der Waals surface area contributed by atoms with Crippen LogP contribution >= 0.6 is 0 Å². The molecule has 0 radical (unpaired) electrons. The van der Waals surface area contributed by atoms with E-state index in [1.54, 1.807) is 0 Å². The molecule has 0 aliphatic heterocycles. The van der Waals surface area contributed by atoms with Crippen LogP contribution in [0.15, 0.2) is 18.2 Å². The molecule has 1 aromatic carbocycles. The maximum absolute atomic E-state index is 12.3. The number of carbonyl (C=O) groups is 2. The SMILES string of the molecule is Cc1cccc(NC(=O)[C@@H](CC(C)C)NC(N)=O)c1C. The standard InChI is InChI=1S/C15H23N3O2/c1-9(2)8-13(18-15(16)20)14(19)17-12-7-5-6-10(3)11(12)4/h5-7,9,13H,8H2,1-4H3,(H,17,19)(H3,16,18,20)/t13-/m1/s1. The average Bonchev–Trinajstić information content (AvgIpc) is 2.33. The van der Waals surface area contributed by atoms with Crippen LogP contribution in [0.1, 0.15) is 31.4 Å². The molecule has 20 heavy (non-hydrogen) atoms. The highest BCUT2D eigenvalue weighted by Crippen LogP contribution is 2.18. The zero-order chi connectivity index (χ0) is 15.3. The van der Waals surface area contributed by atoms with Gasteiger partial charge in [-0.1, -0.05) is 26.0 Å². The highest BCUT2D eigenvalue weighted by Gasteiger charge is 2.21. The van der Waals surface area contributed by atoms with Gasteiger partial charge in [-0.15, -0.1) is 0 Å². The van der Waals surface area contributed by atoms with Crippen LogP contribution in [0.2, 0.25) is 0 Å². The molecule has 5 nitrogen and oxygen atoms in total. The number of urea groups is 1. The second-order valence-electron chi connectivity index (χ2n) is 5.43. The third-order valence-electron chi connectivity index (χ3n) is 3.20. The Morgan fingerprint density at radius 3 is 2.45 bits per heavy atom. The monoisotopic (exact) mass is 277 g/mol. The van der Waals surface area contributed by atoms with Crippen LogP contribution in [0.4, 0.5) is 10.5 Å². The predicted octanol–water partition coefficient (Wildman–Crippen LogP) is 2.32. The number of amides is 3. The molecular formula is C15H23N3O2. The van der Waals surface area contributed by atoms with Gasteiger partial charge < -0.3 is 16.4 Å². The van der Waals surface area contributed by atoms with E-state index in [2.05, 4.69) is 10.6 Å². The molecule has 0 saturated heterocycles. The van der Waals surface area contributed by atoms with Crippen molar-refractivity contribution in [3.05, 3.63) is 29.3 Å². The lowest BCUT2D eigenvalue weighted by Gasteiger charge is -2.20. The molecule has 1 rings (SSSR count). The molecule has 1 atom stereocenters. The van der Waals surface area contributed by atoms with Crippen LogP contribution in [0, 0.1) is 19.8 Å². The van der Waals surface area contributed by atoms with Crippen LogP contribution in [0.5, 0.6) is 0 Å². The number of nitrogens with one attached hydrogen (secondary N) is 2. The largest absolute Gasteiger partial charge is 0.352 e. The molecular weight excluding hydrogens is 254 g/mol. The van der Waals surface area contributed by atoms with E-state index in [0.717, 1.165) is 16.8 Å². The topological polar surface area (TPSA) is 84.2 Å². The van der Waals surface area contributed by atoms with Crippen LogP contribution in [-0.2, 0) is 4.79 Å². The first kappa shape index (κ1) is 16.0. The number of aryl methyl sites for hydroxylation is 1. The molecule has 0 aliphatic carbocycles. The molecule has 3 amide bonds. The predicted molar refractivity (Wildman–Crippen MR) is 80.5 cm³/mol. The Morgan fingerprint density at radius 1 is 1.25 bits per heavy atom. The average molecular weight is 277 g/mol. The Labute approximate surface area is 119 Å². The minimum atomic E-state index is -0.688.